The van der Waals surface area contributed by atoms with Crippen LogP contribution in [0, 0.1) is 0 Å². The number of para-hydroxylation sites is 1. The smallest absolute Gasteiger partial charge is 0.150 e. The van der Waals surface area contributed by atoms with Gasteiger partial charge in [-0.05, 0) is 25.3 Å². The highest BCUT2D eigenvalue weighted by Crippen LogP contribution is 2.37. The Labute approximate surface area is 129 Å². The lowest BCUT2D eigenvalue weighted by atomic mass is 10.00. The van der Waals surface area contributed by atoms with Crippen LogP contribution in [0.5, 0.6) is 0 Å². The first kappa shape index (κ1) is 14.8. The van der Waals surface area contributed by atoms with Crippen molar-refractivity contribution in [3.05, 3.63) is 30.6 Å². The van der Waals surface area contributed by atoms with Gasteiger partial charge in [-0.15, -0.1) is 11.8 Å². The second kappa shape index (κ2) is 5.93. The zero-order valence-electron chi connectivity index (χ0n) is 11.9. The van der Waals surface area contributed by atoms with E-state index in [1.807, 2.05) is 24.3 Å². The monoisotopic (exact) mass is 322 g/mol. The molecule has 0 amide bonds. The van der Waals surface area contributed by atoms with Crippen LogP contribution in [-0.4, -0.2) is 35.1 Å². The Morgan fingerprint density at radius 1 is 1.19 bits per heavy atom. The third kappa shape index (κ3) is 3.37. The van der Waals surface area contributed by atoms with Gasteiger partial charge in [-0.3, -0.25) is 0 Å². The molecule has 4 nitrogen and oxygen atoms in total. The average molecular weight is 322 g/mol. The van der Waals surface area contributed by atoms with Gasteiger partial charge in [-0.2, -0.15) is 0 Å². The fraction of sp³-hybridized carbons (Fsp3) is 0.467. The molecule has 0 unspecified atom stereocenters. The summed E-state index contributed by atoms with van der Waals surface area (Å²) in [5.41, 5.74) is 0.936. The molecule has 21 heavy (non-hydrogen) atoms. The minimum absolute atomic E-state index is 0.197. The molecule has 2 atom stereocenters. The van der Waals surface area contributed by atoms with Crippen LogP contribution >= 0.6 is 11.8 Å². The molecule has 0 saturated heterocycles. The number of sulfone groups is 1. The summed E-state index contributed by atoms with van der Waals surface area (Å²) >= 11 is 1.70. The first-order valence-electron chi connectivity index (χ1n) is 7.09. The maximum absolute atomic E-state index is 11.8. The molecule has 1 aromatic heterocycles. The molecule has 0 aliphatic heterocycles. The summed E-state index contributed by atoms with van der Waals surface area (Å²) < 4.78 is 23.5. The molecule has 6 heteroatoms. The minimum Gasteiger partial charge on any atom is -0.236 e. The molecule has 3 rings (SSSR count). The van der Waals surface area contributed by atoms with Crippen LogP contribution in [-0.2, 0) is 9.84 Å². The van der Waals surface area contributed by atoms with Gasteiger partial charge in [0.15, 0.2) is 0 Å². The molecule has 1 aliphatic rings. The molecule has 0 N–H and O–H groups in total. The van der Waals surface area contributed by atoms with Crippen molar-refractivity contribution in [2.24, 2.45) is 0 Å². The highest BCUT2D eigenvalue weighted by molar-refractivity contribution is 8.00. The van der Waals surface area contributed by atoms with E-state index in [9.17, 15) is 8.42 Å². The van der Waals surface area contributed by atoms with E-state index >= 15 is 0 Å². The van der Waals surface area contributed by atoms with Crippen LogP contribution in [0.2, 0.25) is 0 Å². The van der Waals surface area contributed by atoms with Crippen LogP contribution in [0.1, 0.15) is 25.7 Å². The Balaban J connectivity index is 1.82. The molecule has 1 heterocycles. The van der Waals surface area contributed by atoms with E-state index in [0.717, 1.165) is 41.6 Å². The van der Waals surface area contributed by atoms with E-state index < -0.39 is 9.84 Å². The Hall–Kier alpha value is -1.14. The van der Waals surface area contributed by atoms with Gasteiger partial charge < -0.3 is 0 Å². The summed E-state index contributed by atoms with van der Waals surface area (Å²) in [5, 5.41) is 2.12. The molecule has 1 aromatic carbocycles. The Bertz CT molecular complexity index is 741. The molecular formula is C15H18N2O2S2. The van der Waals surface area contributed by atoms with Gasteiger partial charge in [0.05, 0.1) is 10.8 Å². The van der Waals surface area contributed by atoms with Gasteiger partial charge >= 0.3 is 0 Å². The summed E-state index contributed by atoms with van der Waals surface area (Å²) in [7, 11) is -2.94. The maximum atomic E-state index is 11.8. The highest BCUT2D eigenvalue weighted by atomic mass is 32.2. The normalized spacial score (nSPS) is 23.3. The summed E-state index contributed by atoms with van der Waals surface area (Å²) in [5.74, 6) is 0. The quantitative estimate of drug-likeness (QED) is 0.813. The third-order valence-corrected chi connectivity index (χ3v) is 6.92. The zero-order chi connectivity index (χ0) is 14.9. The number of aromatic nitrogens is 2. The summed E-state index contributed by atoms with van der Waals surface area (Å²) in [4.78, 5) is 8.66. The van der Waals surface area contributed by atoms with Gasteiger partial charge in [0.25, 0.3) is 0 Å². The molecule has 1 saturated carbocycles. The molecule has 0 bridgehead atoms. The lowest BCUT2D eigenvalue weighted by Crippen LogP contribution is -2.28. The summed E-state index contributed by atoms with van der Waals surface area (Å²) in [6.45, 7) is 0. The SMILES string of the molecule is CS(=O)(=O)[C@H]1CCC[C@H](Sc2ncnc3ccccc23)C1. The average Bonchev–Trinajstić information content (AvgIpc) is 2.47. The van der Waals surface area contributed by atoms with Gasteiger partial charge in [0.1, 0.15) is 21.2 Å². The standard InChI is InChI=1S/C15H18N2O2S2/c1-21(18,19)12-6-4-5-11(9-12)20-15-13-7-2-3-8-14(13)16-10-17-15/h2-3,7-8,10-12H,4-6,9H2,1H3/t11-,12-/m0/s1. The van der Waals surface area contributed by atoms with Crippen molar-refractivity contribution in [2.75, 3.05) is 6.26 Å². The molecule has 0 spiro atoms. The van der Waals surface area contributed by atoms with Crippen molar-refractivity contribution in [1.82, 2.24) is 9.97 Å². The molecule has 1 aliphatic carbocycles. The predicted octanol–water partition coefficient (Wildman–Crippen LogP) is 3.08. The van der Waals surface area contributed by atoms with Gasteiger partial charge in [-0.1, -0.05) is 24.6 Å². The molecule has 2 aromatic rings. The zero-order valence-corrected chi connectivity index (χ0v) is 13.5. The van der Waals surface area contributed by atoms with Crippen molar-refractivity contribution in [2.45, 2.75) is 41.2 Å². The molecule has 1 fully saturated rings. The number of thioether (sulfide) groups is 1. The fourth-order valence-corrected chi connectivity index (χ4v) is 5.46. The fourth-order valence-electron chi connectivity index (χ4n) is 2.83. The van der Waals surface area contributed by atoms with Crippen LogP contribution in [0.3, 0.4) is 0 Å². The Morgan fingerprint density at radius 3 is 2.81 bits per heavy atom. The number of hydrogen-bond acceptors (Lipinski definition) is 5. The largest absolute Gasteiger partial charge is 0.236 e. The van der Waals surface area contributed by atoms with Gasteiger partial charge in [0.2, 0.25) is 0 Å². The highest BCUT2D eigenvalue weighted by Gasteiger charge is 2.29. The number of benzene rings is 1. The van der Waals surface area contributed by atoms with Crippen LogP contribution in [0.25, 0.3) is 10.9 Å². The minimum atomic E-state index is -2.94. The van der Waals surface area contributed by atoms with E-state index in [1.54, 1.807) is 18.1 Å². The van der Waals surface area contributed by atoms with E-state index in [0.29, 0.717) is 5.25 Å². The van der Waals surface area contributed by atoms with Crippen molar-refractivity contribution in [3.63, 3.8) is 0 Å². The molecule has 112 valence electrons. The number of hydrogen-bond donors (Lipinski definition) is 0. The number of fused-ring (bicyclic) bond motifs is 1. The number of nitrogens with zero attached hydrogens (tertiary/aromatic N) is 2. The van der Waals surface area contributed by atoms with Gasteiger partial charge in [0, 0.05) is 16.9 Å². The first-order chi connectivity index (χ1) is 10.0. The van der Waals surface area contributed by atoms with E-state index in [1.165, 1.54) is 6.26 Å². The maximum Gasteiger partial charge on any atom is 0.150 e. The van der Waals surface area contributed by atoms with E-state index in [4.69, 9.17) is 0 Å². The third-order valence-electron chi connectivity index (χ3n) is 3.97. The number of rotatable bonds is 3. The topological polar surface area (TPSA) is 59.9 Å². The molecule has 0 radical (unpaired) electrons. The summed E-state index contributed by atoms with van der Waals surface area (Å²) in [6, 6.07) is 7.94. The lowest BCUT2D eigenvalue weighted by Gasteiger charge is -2.27. The molecular weight excluding hydrogens is 304 g/mol. The van der Waals surface area contributed by atoms with E-state index in [-0.39, 0.29) is 5.25 Å². The van der Waals surface area contributed by atoms with Gasteiger partial charge in [-0.25, -0.2) is 18.4 Å². The Kier molecular flexibility index (Phi) is 4.17. The van der Waals surface area contributed by atoms with E-state index in [2.05, 4.69) is 9.97 Å². The van der Waals surface area contributed by atoms with Crippen molar-refractivity contribution in [1.29, 1.82) is 0 Å². The predicted molar refractivity (Wildman–Crippen MR) is 86.3 cm³/mol. The van der Waals surface area contributed by atoms with Crippen molar-refractivity contribution >= 4 is 32.5 Å². The van der Waals surface area contributed by atoms with Crippen LogP contribution in [0.15, 0.2) is 35.6 Å². The van der Waals surface area contributed by atoms with Crippen molar-refractivity contribution in [3.8, 4) is 0 Å². The van der Waals surface area contributed by atoms with Crippen LogP contribution in [0.4, 0.5) is 0 Å². The lowest BCUT2D eigenvalue weighted by molar-refractivity contribution is 0.495. The summed E-state index contributed by atoms with van der Waals surface area (Å²) in [6.07, 6.45) is 6.47. The second-order valence-electron chi connectivity index (χ2n) is 5.55. The Morgan fingerprint density at radius 2 is 2.00 bits per heavy atom. The van der Waals surface area contributed by atoms with Crippen LogP contribution < -0.4 is 0 Å². The van der Waals surface area contributed by atoms with Crippen molar-refractivity contribution < 1.29 is 8.42 Å². The second-order valence-corrected chi connectivity index (χ2v) is 9.17. The first-order valence-corrected chi connectivity index (χ1v) is 9.93.